The average molecular weight is 429 g/mol. The van der Waals surface area contributed by atoms with E-state index in [-0.39, 0.29) is 17.0 Å². The minimum Gasteiger partial charge on any atom is -0.326 e. The lowest BCUT2D eigenvalue weighted by atomic mass is 9.95. The van der Waals surface area contributed by atoms with Crippen molar-refractivity contribution in [2.45, 2.75) is 20.8 Å². The number of anilines is 1. The fourth-order valence-corrected chi connectivity index (χ4v) is 2.22. The van der Waals surface area contributed by atoms with Crippen LogP contribution in [0.1, 0.15) is 41.5 Å². The van der Waals surface area contributed by atoms with Crippen molar-refractivity contribution in [2.24, 2.45) is 5.41 Å². The molecule has 0 fully saturated rings. The van der Waals surface area contributed by atoms with Gasteiger partial charge in [-0.1, -0.05) is 20.8 Å². The Balaban J connectivity index is 2.06. The van der Waals surface area contributed by atoms with Crippen molar-refractivity contribution in [1.82, 2.24) is 10.9 Å². The normalized spacial score (nSPS) is 10.7. The molecule has 0 spiro atoms. The number of hydrazine groups is 1. The summed E-state index contributed by atoms with van der Waals surface area (Å²) in [6.07, 6.45) is 0. The Kier molecular flexibility index (Phi) is 6.65. The zero-order valence-corrected chi connectivity index (χ0v) is 16.8. The molecule has 31 heavy (non-hydrogen) atoms. The summed E-state index contributed by atoms with van der Waals surface area (Å²) in [5, 5.41) is 24.5. The van der Waals surface area contributed by atoms with Gasteiger partial charge in [-0.15, -0.1) is 0 Å². The Hall–Kier alpha value is -4.35. The molecule has 2 aromatic carbocycles. The predicted molar refractivity (Wildman–Crippen MR) is 109 cm³/mol. The van der Waals surface area contributed by atoms with Crippen LogP contribution in [0.5, 0.6) is 0 Å². The minimum atomic E-state index is -0.978. The van der Waals surface area contributed by atoms with E-state index < -0.39 is 38.5 Å². The van der Waals surface area contributed by atoms with Crippen LogP contribution in [-0.4, -0.2) is 27.6 Å². The van der Waals surface area contributed by atoms with Gasteiger partial charge in [0.1, 0.15) is 0 Å². The molecule has 0 unspecified atom stereocenters. The number of nitro benzene ring substituents is 2. The first-order chi connectivity index (χ1) is 14.4. The van der Waals surface area contributed by atoms with Gasteiger partial charge in [-0.2, -0.15) is 0 Å². The zero-order valence-electron chi connectivity index (χ0n) is 16.8. The van der Waals surface area contributed by atoms with Crippen molar-refractivity contribution in [3.05, 3.63) is 73.8 Å². The molecule has 0 bridgehead atoms. The first-order valence-corrected chi connectivity index (χ1v) is 8.84. The highest BCUT2D eigenvalue weighted by atomic mass is 16.6. The molecule has 162 valence electrons. The van der Waals surface area contributed by atoms with E-state index in [9.17, 15) is 34.6 Å². The third-order valence-corrected chi connectivity index (χ3v) is 3.96. The van der Waals surface area contributed by atoms with E-state index in [0.29, 0.717) is 5.69 Å². The predicted octanol–water partition coefficient (Wildman–Crippen LogP) is 2.56. The quantitative estimate of drug-likeness (QED) is 0.483. The summed E-state index contributed by atoms with van der Waals surface area (Å²) in [5.41, 5.74) is 2.54. The molecular formula is C19H19N5O7. The number of nitro groups is 2. The molecule has 12 heteroatoms. The monoisotopic (exact) mass is 429 g/mol. The average Bonchev–Trinajstić information content (AvgIpc) is 2.71. The van der Waals surface area contributed by atoms with Crippen LogP contribution in [0.25, 0.3) is 0 Å². The van der Waals surface area contributed by atoms with E-state index in [2.05, 4.69) is 10.7 Å². The maximum Gasteiger partial charge on any atom is 0.277 e. The molecule has 12 nitrogen and oxygen atoms in total. The smallest absolute Gasteiger partial charge is 0.277 e. The molecule has 0 aliphatic rings. The van der Waals surface area contributed by atoms with E-state index in [4.69, 9.17) is 0 Å². The van der Waals surface area contributed by atoms with Crippen LogP contribution >= 0.6 is 0 Å². The second-order valence-corrected chi connectivity index (χ2v) is 7.44. The van der Waals surface area contributed by atoms with Gasteiger partial charge >= 0.3 is 0 Å². The number of non-ortho nitro benzene ring substituents is 2. The second kappa shape index (κ2) is 8.98. The fraction of sp³-hybridized carbons (Fsp3) is 0.211. The summed E-state index contributed by atoms with van der Waals surface area (Å²) in [7, 11) is 0. The van der Waals surface area contributed by atoms with Crippen molar-refractivity contribution in [3.8, 4) is 0 Å². The Labute approximate surface area is 175 Å². The molecule has 0 aromatic heterocycles. The number of hydrogen-bond acceptors (Lipinski definition) is 7. The van der Waals surface area contributed by atoms with Gasteiger partial charge in [0.05, 0.1) is 21.5 Å². The highest BCUT2D eigenvalue weighted by Crippen LogP contribution is 2.22. The number of rotatable bonds is 5. The second-order valence-electron chi connectivity index (χ2n) is 7.44. The van der Waals surface area contributed by atoms with E-state index >= 15 is 0 Å². The summed E-state index contributed by atoms with van der Waals surface area (Å²) < 4.78 is 0. The van der Waals surface area contributed by atoms with Crippen molar-refractivity contribution in [1.29, 1.82) is 0 Å². The van der Waals surface area contributed by atoms with Crippen molar-refractivity contribution >= 4 is 34.8 Å². The van der Waals surface area contributed by atoms with Crippen molar-refractivity contribution < 1.29 is 24.2 Å². The van der Waals surface area contributed by atoms with E-state index in [1.807, 2.05) is 5.43 Å². The third kappa shape index (κ3) is 6.06. The maximum absolute atomic E-state index is 12.2. The van der Waals surface area contributed by atoms with Crippen LogP contribution in [0.15, 0.2) is 42.5 Å². The van der Waals surface area contributed by atoms with Crippen LogP contribution in [0.2, 0.25) is 0 Å². The van der Waals surface area contributed by atoms with E-state index in [0.717, 1.165) is 18.2 Å². The summed E-state index contributed by atoms with van der Waals surface area (Å²) in [6, 6.07) is 8.25. The molecule has 0 atom stereocenters. The zero-order chi connectivity index (χ0) is 23.3. The molecule has 3 N–H and O–H groups in total. The summed E-state index contributed by atoms with van der Waals surface area (Å²) in [5.74, 6) is -1.89. The van der Waals surface area contributed by atoms with Gasteiger partial charge in [0.15, 0.2) is 0 Å². The minimum absolute atomic E-state index is 0.152. The highest BCUT2D eigenvalue weighted by molar-refractivity contribution is 6.00. The van der Waals surface area contributed by atoms with Crippen LogP contribution in [0.4, 0.5) is 17.1 Å². The number of amides is 3. The van der Waals surface area contributed by atoms with Crippen LogP contribution in [0.3, 0.4) is 0 Å². The molecule has 0 aliphatic carbocycles. The standard InChI is InChI=1S/C19H19N5O7/c1-19(2,3)18(27)20-13-6-4-11(5-7-13)16(25)21-22-17(26)12-8-14(23(28)29)10-15(9-12)24(30)31/h4-10H,1-3H3,(H,20,27)(H,21,25)(H,22,26). The fourth-order valence-electron chi connectivity index (χ4n) is 2.22. The SMILES string of the molecule is CC(C)(C)C(=O)Nc1ccc(C(=O)NNC(=O)c2cc([N+](=O)[O-])cc([N+](=O)[O-])c2)cc1. The lowest BCUT2D eigenvalue weighted by molar-refractivity contribution is -0.394. The number of carbonyl (C=O) groups is 3. The number of carbonyl (C=O) groups excluding carboxylic acids is 3. The first-order valence-electron chi connectivity index (χ1n) is 8.84. The van der Waals surface area contributed by atoms with Gasteiger partial charge < -0.3 is 5.32 Å². The Morgan fingerprint density at radius 2 is 1.23 bits per heavy atom. The van der Waals surface area contributed by atoms with Gasteiger partial charge in [-0.3, -0.25) is 45.5 Å². The lowest BCUT2D eigenvalue weighted by Crippen LogP contribution is -2.41. The summed E-state index contributed by atoms with van der Waals surface area (Å²) in [6.45, 7) is 5.26. The molecule has 2 rings (SSSR count). The Bertz CT molecular complexity index is 1030. The van der Waals surface area contributed by atoms with Gasteiger partial charge in [0.2, 0.25) is 5.91 Å². The molecular weight excluding hydrogens is 410 g/mol. The highest BCUT2D eigenvalue weighted by Gasteiger charge is 2.22. The van der Waals surface area contributed by atoms with Crippen molar-refractivity contribution in [3.63, 3.8) is 0 Å². The van der Waals surface area contributed by atoms with Crippen molar-refractivity contribution in [2.75, 3.05) is 5.32 Å². The number of hydrogen-bond donors (Lipinski definition) is 3. The van der Waals surface area contributed by atoms with E-state index in [1.54, 1.807) is 20.8 Å². The van der Waals surface area contributed by atoms with E-state index in [1.165, 1.54) is 24.3 Å². The largest absolute Gasteiger partial charge is 0.326 e. The van der Waals surface area contributed by atoms with Gasteiger partial charge in [0.25, 0.3) is 23.2 Å². The lowest BCUT2D eigenvalue weighted by Gasteiger charge is -2.17. The van der Waals surface area contributed by atoms with Gasteiger partial charge in [-0.25, -0.2) is 0 Å². The molecule has 0 heterocycles. The molecule has 0 radical (unpaired) electrons. The summed E-state index contributed by atoms with van der Waals surface area (Å²) in [4.78, 5) is 56.4. The third-order valence-electron chi connectivity index (χ3n) is 3.96. The topological polar surface area (TPSA) is 174 Å². The Morgan fingerprint density at radius 3 is 1.65 bits per heavy atom. The molecule has 0 aliphatic heterocycles. The van der Waals surface area contributed by atoms with Gasteiger partial charge in [0, 0.05) is 28.8 Å². The number of benzene rings is 2. The molecule has 0 saturated carbocycles. The number of nitrogens with zero attached hydrogens (tertiary/aromatic N) is 2. The summed E-state index contributed by atoms with van der Waals surface area (Å²) >= 11 is 0. The van der Waals surface area contributed by atoms with Crippen LogP contribution in [0, 0.1) is 25.6 Å². The first kappa shape index (κ1) is 22.9. The van der Waals surface area contributed by atoms with Gasteiger partial charge in [-0.05, 0) is 24.3 Å². The van der Waals surface area contributed by atoms with Crippen LogP contribution < -0.4 is 16.2 Å². The molecule has 3 amide bonds. The molecule has 2 aromatic rings. The molecule has 0 saturated heterocycles. The Morgan fingerprint density at radius 1 is 0.774 bits per heavy atom. The van der Waals surface area contributed by atoms with Crippen LogP contribution in [-0.2, 0) is 4.79 Å². The maximum atomic E-state index is 12.2. The number of nitrogens with one attached hydrogen (secondary N) is 3.